The normalized spacial score (nSPS) is 33.9. The van der Waals surface area contributed by atoms with Gasteiger partial charge in [0, 0.05) is 18.9 Å². The summed E-state index contributed by atoms with van der Waals surface area (Å²) in [6.07, 6.45) is 3.51. The molecular formula is C10H13N3O. The Morgan fingerprint density at radius 1 is 1.29 bits per heavy atom. The van der Waals surface area contributed by atoms with Gasteiger partial charge in [-0.1, -0.05) is 0 Å². The summed E-state index contributed by atoms with van der Waals surface area (Å²) in [4.78, 5) is 8.24. The third kappa shape index (κ3) is 1.35. The van der Waals surface area contributed by atoms with Gasteiger partial charge in [0.15, 0.2) is 0 Å². The fourth-order valence-electron chi connectivity index (χ4n) is 2.26. The van der Waals surface area contributed by atoms with E-state index in [-0.39, 0.29) is 0 Å². The molecule has 0 amide bonds. The lowest BCUT2D eigenvalue weighted by Crippen LogP contribution is -2.11. The number of fused-ring (bicyclic) bond motifs is 1. The minimum atomic E-state index is 0.735. The molecular weight excluding hydrogens is 178 g/mol. The molecule has 1 aromatic rings. The van der Waals surface area contributed by atoms with Crippen LogP contribution in [0.15, 0.2) is 18.5 Å². The number of rotatable bonds is 3. The summed E-state index contributed by atoms with van der Waals surface area (Å²) in [5.41, 5.74) is 0. The lowest BCUT2D eigenvalue weighted by molar-refractivity contribution is 0.153. The Morgan fingerprint density at radius 3 is 2.71 bits per heavy atom. The van der Waals surface area contributed by atoms with Gasteiger partial charge in [0.1, 0.15) is 0 Å². The third-order valence-corrected chi connectivity index (χ3v) is 3.19. The molecule has 1 saturated heterocycles. The molecule has 1 aliphatic heterocycles. The average molecular weight is 191 g/mol. The van der Waals surface area contributed by atoms with Crippen molar-refractivity contribution in [3.05, 3.63) is 18.5 Å². The van der Waals surface area contributed by atoms with Gasteiger partial charge in [0.25, 0.3) is 0 Å². The predicted octanol–water partition coefficient (Wildman–Crippen LogP) is 0.781. The molecule has 1 saturated carbocycles. The minimum Gasteiger partial charge on any atom is -0.381 e. The number of hydrogen-bond donors (Lipinski definition) is 1. The Labute approximate surface area is 82.7 Å². The van der Waals surface area contributed by atoms with Crippen LogP contribution in [0.3, 0.4) is 0 Å². The van der Waals surface area contributed by atoms with Crippen molar-refractivity contribution in [3.63, 3.8) is 0 Å². The Morgan fingerprint density at radius 2 is 2.00 bits per heavy atom. The summed E-state index contributed by atoms with van der Waals surface area (Å²) in [5, 5.41) is 3.26. The first-order valence-corrected chi connectivity index (χ1v) is 5.04. The van der Waals surface area contributed by atoms with Gasteiger partial charge < -0.3 is 10.1 Å². The maximum atomic E-state index is 5.33. The SMILES string of the molecule is c1cnc(NCC2C3COCC23)nc1. The van der Waals surface area contributed by atoms with Crippen LogP contribution in [-0.4, -0.2) is 29.7 Å². The Bertz CT molecular complexity index is 306. The molecule has 2 fully saturated rings. The van der Waals surface area contributed by atoms with Gasteiger partial charge in [-0.2, -0.15) is 0 Å². The summed E-state index contributed by atoms with van der Waals surface area (Å²) in [6.45, 7) is 2.89. The zero-order chi connectivity index (χ0) is 9.38. The Balaban J connectivity index is 1.52. The number of ether oxygens (including phenoxy) is 1. The largest absolute Gasteiger partial charge is 0.381 e. The van der Waals surface area contributed by atoms with E-state index >= 15 is 0 Å². The van der Waals surface area contributed by atoms with E-state index in [0.29, 0.717) is 0 Å². The highest BCUT2D eigenvalue weighted by Gasteiger charge is 2.53. The Hall–Kier alpha value is -1.16. The molecule has 1 aromatic heterocycles. The summed E-state index contributed by atoms with van der Waals surface area (Å²) in [5.74, 6) is 3.11. The maximum absolute atomic E-state index is 5.33. The average Bonchev–Trinajstić information content (AvgIpc) is 2.69. The predicted molar refractivity (Wildman–Crippen MR) is 51.8 cm³/mol. The van der Waals surface area contributed by atoms with Crippen LogP contribution >= 0.6 is 0 Å². The summed E-state index contributed by atoms with van der Waals surface area (Å²) >= 11 is 0. The number of anilines is 1. The van der Waals surface area contributed by atoms with Crippen LogP contribution in [0.4, 0.5) is 5.95 Å². The van der Waals surface area contributed by atoms with E-state index in [1.165, 1.54) is 0 Å². The van der Waals surface area contributed by atoms with Crippen LogP contribution < -0.4 is 5.32 Å². The fraction of sp³-hybridized carbons (Fsp3) is 0.600. The number of hydrogen-bond acceptors (Lipinski definition) is 4. The summed E-state index contributed by atoms with van der Waals surface area (Å²) < 4.78 is 5.33. The van der Waals surface area contributed by atoms with Crippen molar-refractivity contribution >= 4 is 5.95 Å². The van der Waals surface area contributed by atoms with Gasteiger partial charge in [0.05, 0.1) is 13.2 Å². The topological polar surface area (TPSA) is 47.0 Å². The molecule has 2 heterocycles. The van der Waals surface area contributed by atoms with Crippen LogP contribution in [0.25, 0.3) is 0 Å². The van der Waals surface area contributed by atoms with Gasteiger partial charge in [-0.15, -0.1) is 0 Å². The monoisotopic (exact) mass is 191 g/mol. The molecule has 1 N–H and O–H groups in total. The van der Waals surface area contributed by atoms with Crippen molar-refractivity contribution in [2.45, 2.75) is 0 Å². The molecule has 4 nitrogen and oxygen atoms in total. The lowest BCUT2D eigenvalue weighted by Gasteiger charge is -2.05. The highest BCUT2D eigenvalue weighted by Crippen LogP contribution is 2.50. The van der Waals surface area contributed by atoms with E-state index in [1.54, 1.807) is 12.4 Å². The second kappa shape index (κ2) is 3.20. The summed E-state index contributed by atoms with van der Waals surface area (Å²) in [6, 6.07) is 1.82. The zero-order valence-electron chi connectivity index (χ0n) is 7.89. The van der Waals surface area contributed by atoms with Crippen LogP contribution in [0.1, 0.15) is 0 Å². The molecule has 0 aromatic carbocycles. The molecule has 0 bridgehead atoms. The summed E-state index contributed by atoms with van der Waals surface area (Å²) in [7, 11) is 0. The molecule has 4 heteroatoms. The number of nitrogens with zero attached hydrogens (tertiary/aromatic N) is 2. The number of aromatic nitrogens is 2. The first-order chi connectivity index (χ1) is 6.95. The van der Waals surface area contributed by atoms with Crippen molar-refractivity contribution in [1.82, 2.24) is 9.97 Å². The minimum absolute atomic E-state index is 0.735. The highest BCUT2D eigenvalue weighted by atomic mass is 16.5. The Kier molecular flexibility index (Phi) is 1.87. The molecule has 2 aliphatic rings. The first-order valence-electron chi connectivity index (χ1n) is 5.04. The molecule has 14 heavy (non-hydrogen) atoms. The van der Waals surface area contributed by atoms with Gasteiger partial charge in [0.2, 0.25) is 5.95 Å². The van der Waals surface area contributed by atoms with Crippen molar-refractivity contribution < 1.29 is 4.74 Å². The van der Waals surface area contributed by atoms with Crippen molar-refractivity contribution in [2.24, 2.45) is 17.8 Å². The second-order valence-electron chi connectivity index (χ2n) is 3.98. The third-order valence-electron chi connectivity index (χ3n) is 3.19. The van der Waals surface area contributed by atoms with E-state index in [1.807, 2.05) is 6.07 Å². The van der Waals surface area contributed by atoms with Gasteiger partial charge in [-0.25, -0.2) is 9.97 Å². The van der Waals surface area contributed by atoms with Crippen LogP contribution in [0, 0.1) is 17.8 Å². The van der Waals surface area contributed by atoms with Crippen molar-refractivity contribution in [2.75, 3.05) is 25.1 Å². The van der Waals surface area contributed by atoms with E-state index < -0.39 is 0 Å². The van der Waals surface area contributed by atoms with E-state index in [0.717, 1.165) is 43.5 Å². The van der Waals surface area contributed by atoms with E-state index in [2.05, 4.69) is 15.3 Å². The quantitative estimate of drug-likeness (QED) is 0.767. The lowest BCUT2D eigenvalue weighted by atomic mass is 10.3. The molecule has 74 valence electrons. The molecule has 2 atom stereocenters. The number of nitrogens with one attached hydrogen (secondary N) is 1. The molecule has 0 radical (unpaired) electrons. The van der Waals surface area contributed by atoms with Crippen LogP contribution in [-0.2, 0) is 4.74 Å². The first kappa shape index (κ1) is 8.17. The van der Waals surface area contributed by atoms with Crippen LogP contribution in [0.5, 0.6) is 0 Å². The fourth-order valence-corrected chi connectivity index (χ4v) is 2.26. The van der Waals surface area contributed by atoms with Gasteiger partial charge in [-0.05, 0) is 23.8 Å². The highest BCUT2D eigenvalue weighted by molar-refractivity contribution is 5.23. The molecule has 3 rings (SSSR count). The van der Waals surface area contributed by atoms with Gasteiger partial charge >= 0.3 is 0 Å². The van der Waals surface area contributed by atoms with E-state index in [4.69, 9.17) is 4.74 Å². The smallest absolute Gasteiger partial charge is 0.222 e. The van der Waals surface area contributed by atoms with Gasteiger partial charge in [-0.3, -0.25) is 0 Å². The maximum Gasteiger partial charge on any atom is 0.222 e. The molecule has 2 unspecified atom stereocenters. The van der Waals surface area contributed by atoms with Crippen molar-refractivity contribution in [1.29, 1.82) is 0 Å². The van der Waals surface area contributed by atoms with Crippen molar-refractivity contribution in [3.8, 4) is 0 Å². The van der Waals surface area contributed by atoms with E-state index in [9.17, 15) is 0 Å². The second-order valence-corrected chi connectivity index (χ2v) is 3.98. The molecule has 1 aliphatic carbocycles. The zero-order valence-corrected chi connectivity index (χ0v) is 7.89. The standard InChI is InChI=1S/C10H13N3O/c1-2-11-10(12-3-1)13-4-7-8-5-14-6-9(7)8/h1-3,7-9H,4-6H2,(H,11,12,13). The molecule has 0 spiro atoms. The van der Waals surface area contributed by atoms with Crippen LogP contribution in [0.2, 0.25) is 0 Å².